The van der Waals surface area contributed by atoms with Crippen molar-refractivity contribution in [3.05, 3.63) is 345 Å². The molecule has 0 aliphatic carbocycles. The van der Waals surface area contributed by atoms with Crippen molar-refractivity contribution in [1.29, 1.82) is 0 Å². The summed E-state index contributed by atoms with van der Waals surface area (Å²) in [5.74, 6) is -0.724. The molecule has 23 nitrogen and oxygen atoms in total. The van der Waals surface area contributed by atoms with E-state index in [1.54, 1.807) is 110 Å². The molecule has 0 spiro atoms. The number of esters is 2. The Morgan fingerprint density at radius 1 is 0.518 bits per heavy atom. The Morgan fingerprint density at radius 3 is 1.29 bits per heavy atom. The summed E-state index contributed by atoms with van der Waals surface area (Å²) in [7, 11) is -1.98. The number of carbonyl (C=O) groups excluding carboxylic acids is 4. The van der Waals surface area contributed by atoms with Crippen molar-refractivity contribution >= 4 is 212 Å². The van der Waals surface area contributed by atoms with Gasteiger partial charge in [-0.1, -0.05) is 146 Å². The van der Waals surface area contributed by atoms with Crippen molar-refractivity contribution in [2.45, 2.75) is 155 Å². The Kier molecular flexibility index (Phi) is 58.2. The minimum absolute atomic E-state index is 0. The zero-order chi connectivity index (χ0) is 103. The Morgan fingerprint density at radius 2 is 0.892 bits per heavy atom. The predicted molar refractivity (Wildman–Crippen MR) is 577 cm³/mol. The van der Waals surface area contributed by atoms with Gasteiger partial charge in [0.25, 0.3) is 11.8 Å². The summed E-state index contributed by atoms with van der Waals surface area (Å²) in [6, 6.07) is 50.5. The van der Waals surface area contributed by atoms with E-state index in [2.05, 4.69) is 160 Å². The second-order valence-corrected chi connectivity index (χ2v) is 51.2. The number of carbonyl (C=O) groups is 7. The van der Waals surface area contributed by atoms with E-state index in [1.165, 1.54) is 62.0 Å². The number of nitrogens with one attached hydrogen (secondary N) is 3. The Bertz CT molecular complexity index is 5930. The number of fused-ring (bicyclic) bond motifs is 2. The number of pyridine rings is 4. The number of hydrogen-bond acceptors (Lipinski definition) is 21. The smallest absolute Gasteiger partial charge is 0.793 e. The van der Waals surface area contributed by atoms with Crippen LogP contribution in [0.4, 0.5) is 8.78 Å². The quantitative estimate of drug-likeness (QED) is 0.0108. The fourth-order valence-electron chi connectivity index (χ4n) is 11.6. The number of thioether (sulfide) groups is 4. The molecule has 6 unspecified atom stereocenters. The topological polar surface area (TPSA) is 350 Å². The van der Waals surface area contributed by atoms with Crippen molar-refractivity contribution in [3.8, 4) is 0 Å². The average Bonchev–Trinajstić information content (AvgIpc) is 1.63. The van der Waals surface area contributed by atoms with Crippen LogP contribution in [-0.2, 0) is 54.9 Å². The molecule has 0 fully saturated rings. The Hall–Kier alpha value is -8.00. The second kappa shape index (κ2) is 64.6. The van der Waals surface area contributed by atoms with Gasteiger partial charge in [-0.15, -0.1) is 59.3 Å². The number of carboxylic acid groups (broad SMARTS) is 3. The van der Waals surface area contributed by atoms with Crippen LogP contribution < -0.4 is 44.9 Å². The van der Waals surface area contributed by atoms with E-state index in [0.29, 0.717) is 46.7 Å². The summed E-state index contributed by atoms with van der Waals surface area (Å²) in [6.45, 7) is 33.7. The first-order valence-corrected chi connectivity index (χ1v) is 57.4. The largest absolute Gasteiger partial charge is 1.00 e. The summed E-state index contributed by atoms with van der Waals surface area (Å²) in [6.07, 6.45) is 15.3. The van der Waals surface area contributed by atoms with Gasteiger partial charge in [0, 0.05) is 105 Å². The normalized spacial score (nSPS) is 13.2. The first-order valence-electron chi connectivity index (χ1n) is 42.6. The first kappa shape index (κ1) is 125. The molecule has 738 valence electrons. The summed E-state index contributed by atoms with van der Waals surface area (Å²) < 4.78 is 79.5. The fourth-order valence-corrected chi connectivity index (χ4v) is 19.6. The maximum atomic E-state index is 13.0. The summed E-state index contributed by atoms with van der Waals surface area (Å²) in [5, 5.41) is 33.2. The van der Waals surface area contributed by atoms with E-state index >= 15 is 0 Å². The van der Waals surface area contributed by atoms with Gasteiger partial charge >= 0.3 is 59.4 Å². The van der Waals surface area contributed by atoms with Crippen LogP contribution in [0.15, 0.2) is 285 Å². The van der Waals surface area contributed by atoms with Crippen LogP contribution in [-0.4, -0.2) is 162 Å². The van der Waals surface area contributed by atoms with Crippen molar-refractivity contribution in [2.24, 2.45) is 4.40 Å². The van der Waals surface area contributed by atoms with E-state index in [-0.39, 0.29) is 85.3 Å². The molecule has 2 aliphatic heterocycles. The van der Waals surface area contributed by atoms with Crippen LogP contribution in [0.25, 0.3) is 0 Å². The molecule has 139 heavy (non-hydrogen) atoms. The standard InChI is InChI=1S/C19H24N2O3S2.C15H14N2O2S.C15H14N2OS.C10H11BrO2S.C10H14N2OS.C9H9BrO2S.C8H6BrFO2.C7H4BrFO2.C5H12Si.C2H6S.Na/c1-5-25-15-10-6-9-14(16(15)18(22)23)17(13-8-7-11-20-12-13)21-26(24)19(2,3)4;1-2-20(19)12-7-3-6-11-13(12)15(18)17-14(11)10-5-4-8-16-9-10;1-2-19-12-7-3-6-11-13(12)15(18)17-14(11)10-5-4-8-16-9-10;1-3-14-8-6-4-5-7(11)9(8)10(12)13-2;1-10(2,3)14(13)12-8-9-5-4-6-11-7-9;1-2-13-7-5-3-4-6(10)8(7)9(11)12;1-12-8(11)7-5(9)3-2-4-6(7)10;8-4-2-1-3-5(9)6(4)7(10)11;1-5-6(2,3)4;1-2-3;/h6-12,17,21H,5H2,1-4H3,(H,22,23);3-9,14H,2H2,1H3,(H,17,18);3-9,14H,2H2,1H3,(H,17,18);4-6H,3H2,1-2H3;4-8H,1-3H3;3-5H,2H2,1H3,(H,11,12);2-4H,1H3;1-3H,(H,10,11);5H,1H2,2-4H3;3H,2H2,1H3;/q;;;;;;;;;;+1/p-1. The third-order valence-corrected chi connectivity index (χ3v) is 30.0. The Labute approximate surface area is 900 Å². The molecular formula is C100H113Br4F2N8NaO15S8Si. The van der Waals surface area contributed by atoms with Crippen molar-refractivity contribution in [1.82, 2.24) is 35.3 Å². The number of aromatic nitrogens is 4. The molecule has 0 saturated carbocycles. The third kappa shape index (κ3) is 41.0. The molecule has 2 aliphatic rings. The molecule has 0 bridgehead atoms. The van der Waals surface area contributed by atoms with Crippen LogP contribution in [0.1, 0.15) is 213 Å². The van der Waals surface area contributed by atoms with Gasteiger partial charge < -0.3 is 48.1 Å². The van der Waals surface area contributed by atoms with Gasteiger partial charge in [-0.05, 0) is 253 Å². The molecule has 0 radical (unpaired) electrons. The number of rotatable bonds is 24. The number of aromatic carboxylic acids is 3. The molecule has 13 rings (SSSR count). The van der Waals surface area contributed by atoms with Gasteiger partial charge in [0.2, 0.25) is 0 Å². The molecular weight excluding hydrogens is 2220 g/mol. The zero-order valence-corrected chi connectivity index (χ0v) is 96.1. The van der Waals surface area contributed by atoms with Crippen molar-refractivity contribution in [3.63, 3.8) is 0 Å². The molecule has 6 N–H and O–H groups in total. The van der Waals surface area contributed by atoms with Crippen molar-refractivity contribution in [2.75, 3.05) is 48.7 Å². The summed E-state index contributed by atoms with van der Waals surface area (Å²) >= 11 is 23.3. The van der Waals surface area contributed by atoms with Gasteiger partial charge in [0.05, 0.1) is 104 Å². The van der Waals surface area contributed by atoms with Gasteiger partial charge in [-0.25, -0.2) is 45.9 Å². The molecule has 7 aromatic carbocycles. The molecule has 2 amide bonds. The van der Waals surface area contributed by atoms with E-state index in [4.69, 9.17) is 14.9 Å². The molecule has 6 heterocycles. The third-order valence-electron chi connectivity index (χ3n) is 18.1. The molecule has 11 aromatic rings. The average molecular weight is 2330 g/mol. The van der Waals surface area contributed by atoms with E-state index < -0.39 is 87.1 Å². The maximum absolute atomic E-state index is 13.0. The second-order valence-electron chi connectivity index (χ2n) is 31.2. The van der Waals surface area contributed by atoms with Crippen LogP contribution in [0, 0.1) is 11.6 Å². The van der Waals surface area contributed by atoms with Crippen LogP contribution in [0.2, 0.25) is 19.6 Å². The number of hydrogen-bond donors (Lipinski definition) is 6. The molecule has 6 atom stereocenters. The number of ether oxygens (including phenoxy) is 2. The van der Waals surface area contributed by atoms with E-state index in [9.17, 15) is 60.1 Å². The number of nitrogens with zero attached hydrogens (tertiary/aromatic N) is 5. The minimum Gasteiger partial charge on any atom is -0.793 e. The molecule has 4 aromatic heterocycles. The monoisotopic (exact) mass is 2330 g/mol. The van der Waals surface area contributed by atoms with Crippen LogP contribution >= 0.6 is 111 Å². The number of halogens is 6. The van der Waals surface area contributed by atoms with E-state index in [1.807, 2.05) is 191 Å². The van der Waals surface area contributed by atoms with Crippen LogP contribution in [0.5, 0.6) is 0 Å². The van der Waals surface area contributed by atoms with Gasteiger partial charge in [0.1, 0.15) is 33.7 Å². The van der Waals surface area contributed by atoms with Gasteiger partial charge in [-0.2, -0.15) is 10.2 Å². The molecule has 0 saturated heterocycles. The van der Waals surface area contributed by atoms with Crippen molar-refractivity contribution < 1.29 is 109 Å². The molecule has 39 heteroatoms. The number of carboxylic acids is 3. The zero-order valence-electron chi connectivity index (χ0n) is 80.2. The van der Waals surface area contributed by atoms with Gasteiger partial charge in [0.15, 0.2) is 0 Å². The maximum Gasteiger partial charge on any atom is 1.00 e. The fraction of sp³-hybridized carbons (Fsp3) is 0.280. The number of amides is 2. The van der Waals surface area contributed by atoms with Crippen LogP contribution in [0.3, 0.4) is 0 Å². The minimum atomic E-state index is -1.38. The summed E-state index contributed by atoms with van der Waals surface area (Å²) in [4.78, 5) is 101. The first-order chi connectivity index (χ1) is 65.4. The Balaban J connectivity index is 0.000000408. The van der Waals surface area contributed by atoms with Gasteiger partial charge in [-0.3, -0.25) is 33.7 Å². The predicted octanol–water partition coefficient (Wildman–Crippen LogP) is 21.9. The summed E-state index contributed by atoms with van der Waals surface area (Å²) in [5.41, 5.74) is 10.4. The SMILES string of the molecule is C=C[Si](C)(C)C.CC(C)(C)S(=O)N=Cc1cccnc1.CCS(=O)c1cccc2c1C(=O)NC2c1cccnc1.CCSc1cccc(Br)c1C(=O)O.CCSc1cccc(Br)c1C(=O)OC.CCSc1cccc(C(NS(=O)C(C)(C)C)c2cccnc2)c1C(=O)O.CCSc1cccc2c1C(=O)NC2c1cccnc1.CC[S-].COC(=O)c1c(F)cccc1Br.O=C(O)c1c(F)cccc1Br.[Na+]. The number of benzene rings is 7. The number of methoxy groups -OCH3 is 2. The van der Waals surface area contributed by atoms with E-state index in [0.717, 1.165) is 92.9 Å².